The fourth-order valence-corrected chi connectivity index (χ4v) is 2.95. The van der Waals surface area contributed by atoms with Crippen LogP contribution in [0, 0.1) is 32.1 Å². The number of rotatable bonds is 6. The van der Waals surface area contributed by atoms with Crippen LogP contribution in [-0.2, 0) is 11.2 Å². The molecular formula is C22H24N2O. The zero-order valence-electron chi connectivity index (χ0n) is 15.1. The first-order valence-electron chi connectivity index (χ1n) is 8.53. The van der Waals surface area contributed by atoms with Gasteiger partial charge in [-0.05, 0) is 61.9 Å². The molecule has 0 saturated carbocycles. The van der Waals surface area contributed by atoms with Crippen LogP contribution in [0.15, 0.2) is 48.0 Å². The monoisotopic (exact) mass is 332 g/mol. The molecule has 3 heteroatoms. The molecule has 0 radical (unpaired) electrons. The summed E-state index contributed by atoms with van der Waals surface area (Å²) in [6.07, 6.45) is 3.44. The second kappa shape index (κ2) is 8.84. The van der Waals surface area contributed by atoms with Crippen molar-refractivity contribution in [1.82, 2.24) is 5.32 Å². The van der Waals surface area contributed by atoms with Crippen molar-refractivity contribution in [3.63, 3.8) is 0 Å². The molecule has 2 aromatic carbocycles. The molecule has 0 aliphatic rings. The van der Waals surface area contributed by atoms with Gasteiger partial charge in [0.05, 0.1) is 0 Å². The number of hydrogen-bond donors (Lipinski definition) is 1. The maximum absolute atomic E-state index is 12.3. The van der Waals surface area contributed by atoms with E-state index < -0.39 is 0 Å². The van der Waals surface area contributed by atoms with Gasteiger partial charge in [0.15, 0.2) is 0 Å². The van der Waals surface area contributed by atoms with Crippen LogP contribution in [0.2, 0.25) is 0 Å². The highest BCUT2D eigenvalue weighted by molar-refractivity contribution is 6.02. The van der Waals surface area contributed by atoms with Crippen molar-refractivity contribution in [2.75, 3.05) is 6.54 Å². The summed E-state index contributed by atoms with van der Waals surface area (Å²) in [7, 11) is 0. The van der Waals surface area contributed by atoms with E-state index in [1.54, 1.807) is 6.08 Å². The summed E-state index contributed by atoms with van der Waals surface area (Å²) in [4.78, 5) is 12.3. The van der Waals surface area contributed by atoms with Crippen LogP contribution in [0.1, 0.15) is 34.2 Å². The highest BCUT2D eigenvalue weighted by Gasteiger charge is 2.10. The molecule has 0 aliphatic heterocycles. The van der Waals surface area contributed by atoms with Gasteiger partial charge in [0, 0.05) is 6.54 Å². The lowest BCUT2D eigenvalue weighted by Crippen LogP contribution is -2.25. The molecule has 0 bridgehead atoms. The molecule has 0 atom stereocenters. The number of nitriles is 1. The molecule has 0 aliphatic carbocycles. The first-order chi connectivity index (χ1) is 12.0. The first kappa shape index (κ1) is 18.5. The van der Waals surface area contributed by atoms with Gasteiger partial charge in [-0.1, -0.05) is 48.0 Å². The third-order valence-electron chi connectivity index (χ3n) is 4.16. The topological polar surface area (TPSA) is 52.9 Å². The summed E-state index contributed by atoms with van der Waals surface area (Å²) in [5, 5.41) is 12.2. The van der Waals surface area contributed by atoms with Gasteiger partial charge >= 0.3 is 0 Å². The van der Waals surface area contributed by atoms with E-state index in [4.69, 9.17) is 0 Å². The van der Waals surface area contributed by atoms with Crippen LogP contribution in [0.3, 0.4) is 0 Å². The van der Waals surface area contributed by atoms with Gasteiger partial charge < -0.3 is 5.32 Å². The van der Waals surface area contributed by atoms with Crippen LogP contribution >= 0.6 is 0 Å². The Balaban J connectivity index is 1.98. The molecule has 0 fully saturated rings. The van der Waals surface area contributed by atoms with Gasteiger partial charge in [-0.25, -0.2) is 0 Å². The molecule has 0 spiro atoms. The summed E-state index contributed by atoms with van der Waals surface area (Å²) >= 11 is 0. The molecule has 3 nitrogen and oxygen atoms in total. The second-order valence-corrected chi connectivity index (χ2v) is 6.33. The molecule has 0 unspecified atom stereocenters. The maximum Gasteiger partial charge on any atom is 0.261 e. The molecule has 2 rings (SSSR count). The Morgan fingerprint density at radius 2 is 1.76 bits per heavy atom. The van der Waals surface area contributed by atoms with Crippen LogP contribution in [0.5, 0.6) is 0 Å². The van der Waals surface area contributed by atoms with Crippen molar-refractivity contribution >= 4 is 12.0 Å². The quantitative estimate of drug-likeness (QED) is 0.488. The summed E-state index contributed by atoms with van der Waals surface area (Å²) in [5.74, 6) is -0.310. The van der Waals surface area contributed by atoms with Gasteiger partial charge in [0.2, 0.25) is 0 Å². The number of hydrogen-bond acceptors (Lipinski definition) is 2. The lowest BCUT2D eigenvalue weighted by Gasteiger charge is -2.09. The molecule has 0 heterocycles. The van der Waals surface area contributed by atoms with E-state index in [0.29, 0.717) is 6.54 Å². The van der Waals surface area contributed by atoms with Crippen molar-refractivity contribution in [2.24, 2.45) is 0 Å². The van der Waals surface area contributed by atoms with Crippen molar-refractivity contribution in [3.8, 4) is 6.07 Å². The fourth-order valence-electron chi connectivity index (χ4n) is 2.95. The van der Waals surface area contributed by atoms with Gasteiger partial charge in [0.1, 0.15) is 11.6 Å². The van der Waals surface area contributed by atoms with Gasteiger partial charge in [-0.15, -0.1) is 0 Å². The third-order valence-corrected chi connectivity index (χ3v) is 4.16. The van der Waals surface area contributed by atoms with Crippen molar-refractivity contribution in [2.45, 2.75) is 33.6 Å². The molecule has 25 heavy (non-hydrogen) atoms. The van der Waals surface area contributed by atoms with Crippen molar-refractivity contribution in [1.29, 1.82) is 5.26 Å². The number of aryl methyl sites for hydroxylation is 4. The number of nitrogens with one attached hydrogen (secondary N) is 1. The zero-order valence-corrected chi connectivity index (χ0v) is 15.1. The van der Waals surface area contributed by atoms with E-state index in [1.807, 2.05) is 45.0 Å². The number of carbonyl (C=O) groups is 1. The lowest BCUT2D eigenvalue weighted by atomic mass is 9.98. The number of nitrogens with zero attached hydrogens (tertiary/aromatic N) is 1. The van der Waals surface area contributed by atoms with Crippen LogP contribution < -0.4 is 5.32 Å². The minimum Gasteiger partial charge on any atom is -0.351 e. The van der Waals surface area contributed by atoms with Gasteiger partial charge in [-0.2, -0.15) is 5.26 Å². The summed E-state index contributed by atoms with van der Waals surface area (Å²) in [5.41, 5.74) is 5.66. The van der Waals surface area contributed by atoms with E-state index in [2.05, 4.69) is 29.6 Å². The molecule has 0 aromatic heterocycles. The summed E-state index contributed by atoms with van der Waals surface area (Å²) < 4.78 is 0. The van der Waals surface area contributed by atoms with Crippen molar-refractivity contribution in [3.05, 3.63) is 75.9 Å². The minimum absolute atomic E-state index is 0.148. The van der Waals surface area contributed by atoms with E-state index in [-0.39, 0.29) is 11.5 Å². The molecule has 2 aromatic rings. The van der Waals surface area contributed by atoms with Gasteiger partial charge in [0.25, 0.3) is 5.91 Å². The molecule has 1 amide bonds. The average Bonchev–Trinajstić information content (AvgIpc) is 2.59. The van der Waals surface area contributed by atoms with Crippen LogP contribution in [0.4, 0.5) is 0 Å². The second-order valence-electron chi connectivity index (χ2n) is 6.33. The molecule has 1 N–H and O–H groups in total. The normalized spacial score (nSPS) is 11.0. The highest BCUT2D eigenvalue weighted by Crippen LogP contribution is 2.19. The SMILES string of the molecule is Cc1cc(C)c(/C=C(/C#N)C(=O)NCCCc2ccccc2)c(C)c1. The largest absolute Gasteiger partial charge is 0.351 e. The molecular weight excluding hydrogens is 308 g/mol. The summed E-state index contributed by atoms with van der Waals surface area (Å²) in [6.45, 7) is 6.59. The predicted molar refractivity (Wildman–Crippen MR) is 102 cm³/mol. The number of benzene rings is 2. The first-order valence-corrected chi connectivity index (χ1v) is 8.53. The smallest absolute Gasteiger partial charge is 0.261 e. The standard InChI is InChI=1S/C22H24N2O/c1-16-12-17(2)21(18(3)13-16)14-20(15-23)22(25)24-11-7-10-19-8-5-4-6-9-19/h4-6,8-9,12-14H,7,10-11H2,1-3H3,(H,24,25)/b20-14-. The zero-order chi connectivity index (χ0) is 18.2. The number of carbonyl (C=O) groups excluding carboxylic acids is 1. The Bertz CT molecular complexity index is 791. The number of amides is 1. The van der Waals surface area contributed by atoms with E-state index >= 15 is 0 Å². The Kier molecular flexibility index (Phi) is 6.54. The predicted octanol–water partition coefficient (Wildman–Crippen LogP) is 4.27. The Hall–Kier alpha value is -2.86. The average molecular weight is 332 g/mol. The highest BCUT2D eigenvalue weighted by atomic mass is 16.1. The van der Waals surface area contributed by atoms with E-state index in [0.717, 1.165) is 29.5 Å². The van der Waals surface area contributed by atoms with Gasteiger partial charge in [-0.3, -0.25) is 4.79 Å². The van der Waals surface area contributed by atoms with Crippen LogP contribution in [0.25, 0.3) is 6.08 Å². The maximum atomic E-state index is 12.3. The van der Waals surface area contributed by atoms with Crippen molar-refractivity contribution < 1.29 is 4.79 Å². The third kappa shape index (κ3) is 5.32. The molecule has 128 valence electrons. The Morgan fingerprint density at radius 1 is 1.12 bits per heavy atom. The minimum atomic E-state index is -0.310. The van der Waals surface area contributed by atoms with Crippen LogP contribution in [-0.4, -0.2) is 12.5 Å². The van der Waals surface area contributed by atoms with E-state index in [1.165, 1.54) is 11.1 Å². The Morgan fingerprint density at radius 3 is 2.36 bits per heavy atom. The van der Waals surface area contributed by atoms with E-state index in [9.17, 15) is 10.1 Å². The summed E-state index contributed by atoms with van der Waals surface area (Å²) in [6, 6.07) is 16.3. The fraction of sp³-hybridized carbons (Fsp3) is 0.273. The lowest BCUT2D eigenvalue weighted by molar-refractivity contribution is -0.117. The Labute approximate surface area is 150 Å². The molecule has 0 saturated heterocycles.